The molecule has 12 heavy (non-hydrogen) atoms. The highest BCUT2D eigenvalue weighted by atomic mass is 32.1. The molecule has 2 aromatic rings. The molecule has 0 atom stereocenters. The Morgan fingerprint density at radius 2 is 2.42 bits per heavy atom. The van der Waals surface area contributed by atoms with Gasteiger partial charge in [0.1, 0.15) is 0 Å². The zero-order valence-corrected chi connectivity index (χ0v) is 7.14. The lowest BCUT2D eigenvalue weighted by atomic mass is 10.2. The van der Waals surface area contributed by atoms with E-state index in [0.717, 1.165) is 11.3 Å². The van der Waals surface area contributed by atoms with Crippen LogP contribution in [0.2, 0.25) is 0 Å². The Morgan fingerprint density at radius 3 is 3.00 bits per heavy atom. The molecule has 0 aliphatic heterocycles. The van der Waals surface area contributed by atoms with Crippen molar-refractivity contribution >= 4 is 16.5 Å². The number of thiazole rings is 1. The monoisotopic (exact) mass is 178 g/mol. The molecule has 0 radical (unpaired) electrons. The lowest BCUT2D eigenvalue weighted by molar-refractivity contribution is -0.377. The molecule has 0 saturated carbocycles. The lowest BCUT2D eigenvalue weighted by Crippen LogP contribution is -1.98. The Morgan fingerprint density at radius 1 is 1.50 bits per heavy atom. The highest BCUT2D eigenvalue weighted by molar-refractivity contribution is 7.13. The van der Waals surface area contributed by atoms with Gasteiger partial charge in [0, 0.05) is 11.4 Å². The van der Waals surface area contributed by atoms with Crippen molar-refractivity contribution in [3.8, 4) is 11.3 Å². The average molecular weight is 178 g/mol. The molecule has 0 fully saturated rings. The van der Waals surface area contributed by atoms with Crippen molar-refractivity contribution in [1.29, 1.82) is 0 Å². The summed E-state index contributed by atoms with van der Waals surface area (Å²) >= 11 is 1.45. The third kappa shape index (κ3) is 1.29. The lowest BCUT2D eigenvalue weighted by Gasteiger charge is -1.88. The van der Waals surface area contributed by atoms with Gasteiger partial charge in [-0.25, -0.2) is 9.97 Å². The van der Waals surface area contributed by atoms with E-state index in [0.29, 0.717) is 5.13 Å². The van der Waals surface area contributed by atoms with Crippen LogP contribution in [0.1, 0.15) is 0 Å². The molecule has 0 bridgehead atoms. The van der Waals surface area contributed by atoms with Gasteiger partial charge in [0.15, 0.2) is 17.5 Å². The van der Waals surface area contributed by atoms with E-state index in [-0.39, 0.29) is 0 Å². The zero-order chi connectivity index (χ0) is 8.39. The fourth-order valence-corrected chi connectivity index (χ4v) is 1.55. The SMILES string of the molecule is Nc1nc(-c2ccc[nH+]c2)cs1. The standard InChI is InChI=1S/C8H7N3S/c9-8-11-7(5-12-8)6-2-1-3-10-4-6/h1-5H,(H2,9,11)/p+1. The maximum atomic E-state index is 5.51. The summed E-state index contributed by atoms with van der Waals surface area (Å²) in [6.07, 6.45) is 3.76. The van der Waals surface area contributed by atoms with Gasteiger partial charge in [-0.2, -0.15) is 0 Å². The van der Waals surface area contributed by atoms with Gasteiger partial charge in [-0.3, -0.25) is 0 Å². The molecule has 2 heterocycles. The van der Waals surface area contributed by atoms with Crippen molar-refractivity contribution < 1.29 is 4.98 Å². The first-order valence-corrected chi connectivity index (χ1v) is 4.42. The van der Waals surface area contributed by atoms with Gasteiger partial charge >= 0.3 is 0 Å². The number of nitrogens with zero attached hydrogens (tertiary/aromatic N) is 1. The van der Waals surface area contributed by atoms with Crippen molar-refractivity contribution in [3.05, 3.63) is 29.9 Å². The molecule has 60 valence electrons. The van der Waals surface area contributed by atoms with Gasteiger partial charge in [0.25, 0.3) is 0 Å². The van der Waals surface area contributed by atoms with Gasteiger partial charge in [-0.05, 0) is 6.07 Å². The number of aromatic amines is 1. The van der Waals surface area contributed by atoms with Crippen molar-refractivity contribution in [2.75, 3.05) is 5.73 Å². The van der Waals surface area contributed by atoms with E-state index in [1.807, 2.05) is 29.9 Å². The predicted molar refractivity (Wildman–Crippen MR) is 48.5 cm³/mol. The molecule has 2 aromatic heterocycles. The predicted octanol–water partition coefficient (Wildman–Crippen LogP) is 1.21. The molecule has 0 spiro atoms. The molecule has 2 rings (SSSR count). The van der Waals surface area contributed by atoms with Crippen LogP contribution in [0.15, 0.2) is 29.9 Å². The van der Waals surface area contributed by atoms with Gasteiger partial charge in [0.2, 0.25) is 0 Å². The maximum Gasteiger partial charge on any atom is 0.180 e. The van der Waals surface area contributed by atoms with E-state index in [1.165, 1.54) is 11.3 Å². The smallest absolute Gasteiger partial charge is 0.180 e. The number of aromatic nitrogens is 2. The minimum atomic E-state index is 0.605. The second-order valence-electron chi connectivity index (χ2n) is 2.36. The van der Waals surface area contributed by atoms with E-state index < -0.39 is 0 Å². The summed E-state index contributed by atoms with van der Waals surface area (Å²) in [6.45, 7) is 0. The first kappa shape index (κ1) is 7.24. The minimum Gasteiger partial charge on any atom is -0.375 e. The van der Waals surface area contributed by atoms with Crippen LogP contribution in [0.4, 0.5) is 5.13 Å². The molecular formula is C8H8N3S+. The summed E-state index contributed by atoms with van der Waals surface area (Å²) in [4.78, 5) is 7.15. The zero-order valence-electron chi connectivity index (χ0n) is 6.32. The second-order valence-corrected chi connectivity index (χ2v) is 3.25. The normalized spacial score (nSPS) is 10.0. The first-order chi connectivity index (χ1) is 5.86. The fraction of sp³-hybridized carbons (Fsp3) is 0. The van der Waals surface area contributed by atoms with Crippen molar-refractivity contribution in [1.82, 2.24) is 4.98 Å². The number of nitrogen functional groups attached to an aromatic ring is 1. The molecule has 0 aliphatic carbocycles. The molecule has 3 nitrogen and oxygen atoms in total. The number of hydrogen-bond acceptors (Lipinski definition) is 3. The van der Waals surface area contributed by atoms with Gasteiger partial charge in [0.05, 0.1) is 11.3 Å². The average Bonchev–Trinajstić information content (AvgIpc) is 2.54. The van der Waals surface area contributed by atoms with Gasteiger partial charge in [-0.15, -0.1) is 11.3 Å². The van der Waals surface area contributed by atoms with E-state index >= 15 is 0 Å². The van der Waals surface area contributed by atoms with Crippen LogP contribution >= 0.6 is 11.3 Å². The van der Waals surface area contributed by atoms with E-state index in [1.54, 1.807) is 0 Å². The Kier molecular flexibility index (Phi) is 1.75. The Hall–Kier alpha value is -1.42. The van der Waals surface area contributed by atoms with Crippen LogP contribution in [0.25, 0.3) is 11.3 Å². The van der Waals surface area contributed by atoms with Crippen LogP contribution < -0.4 is 10.7 Å². The number of rotatable bonds is 1. The third-order valence-corrected chi connectivity index (χ3v) is 2.20. The molecule has 0 aromatic carbocycles. The second kappa shape index (κ2) is 2.91. The minimum absolute atomic E-state index is 0.605. The fourth-order valence-electron chi connectivity index (χ4n) is 0.973. The molecule has 4 heteroatoms. The summed E-state index contributed by atoms with van der Waals surface area (Å²) in [5, 5.41) is 2.55. The summed E-state index contributed by atoms with van der Waals surface area (Å²) in [7, 11) is 0. The highest BCUT2D eigenvalue weighted by Gasteiger charge is 2.02. The third-order valence-electron chi connectivity index (χ3n) is 1.52. The van der Waals surface area contributed by atoms with Crippen LogP contribution in [0.3, 0.4) is 0 Å². The molecule has 0 aliphatic rings. The van der Waals surface area contributed by atoms with Crippen LogP contribution in [-0.2, 0) is 0 Å². The summed E-state index contributed by atoms with van der Waals surface area (Å²) < 4.78 is 0. The topological polar surface area (TPSA) is 53.0 Å². The van der Waals surface area contributed by atoms with E-state index in [2.05, 4.69) is 9.97 Å². The van der Waals surface area contributed by atoms with Gasteiger partial charge < -0.3 is 5.73 Å². The number of nitrogens with two attached hydrogens (primary N) is 1. The van der Waals surface area contributed by atoms with Crippen molar-refractivity contribution in [3.63, 3.8) is 0 Å². The summed E-state index contributed by atoms with van der Waals surface area (Å²) in [5.41, 5.74) is 7.50. The molecule has 0 amide bonds. The van der Waals surface area contributed by atoms with Crippen LogP contribution in [0.5, 0.6) is 0 Å². The van der Waals surface area contributed by atoms with E-state index in [4.69, 9.17) is 5.73 Å². The molecule has 0 unspecified atom stereocenters. The Bertz CT molecular complexity index is 369. The Balaban J connectivity index is 2.45. The summed E-state index contributed by atoms with van der Waals surface area (Å²) in [6, 6.07) is 3.93. The van der Waals surface area contributed by atoms with Gasteiger partial charge in [-0.1, -0.05) is 0 Å². The largest absolute Gasteiger partial charge is 0.375 e. The number of anilines is 1. The number of hydrogen-bond donors (Lipinski definition) is 1. The quantitative estimate of drug-likeness (QED) is 0.713. The van der Waals surface area contributed by atoms with Crippen molar-refractivity contribution in [2.24, 2.45) is 0 Å². The Labute approximate surface area is 73.9 Å². The molecule has 0 saturated heterocycles. The van der Waals surface area contributed by atoms with Crippen LogP contribution in [-0.4, -0.2) is 4.98 Å². The van der Waals surface area contributed by atoms with Crippen molar-refractivity contribution in [2.45, 2.75) is 0 Å². The number of nitrogens with one attached hydrogen (secondary N) is 1. The molecule has 3 N–H and O–H groups in total. The molecular weight excluding hydrogens is 170 g/mol. The first-order valence-electron chi connectivity index (χ1n) is 3.54. The number of H-pyrrole nitrogens is 1. The van der Waals surface area contributed by atoms with E-state index in [9.17, 15) is 0 Å². The highest BCUT2D eigenvalue weighted by Crippen LogP contribution is 2.20. The van der Waals surface area contributed by atoms with Crippen LogP contribution in [0, 0.1) is 0 Å². The summed E-state index contributed by atoms with van der Waals surface area (Å²) in [5.74, 6) is 0. The maximum absolute atomic E-state index is 5.51. The number of pyridine rings is 1.